The molecule has 6 heteroatoms. The van der Waals surface area contributed by atoms with Crippen molar-refractivity contribution < 1.29 is 0 Å². The second-order valence-corrected chi connectivity index (χ2v) is 6.27. The second-order valence-electron chi connectivity index (χ2n) is 6.27. The zero-order valence-electron chi connectivity index (χ0n) is 13.1. The molecule has 0 aliphatic carbocycles. The third kappa shape index (κ3) is 3.51. The minimum atomic E-state index is 0.526. The summed E-state index contributed by atoms with van der Waals surface area (Å²) in [5, 5.41) is 4.23. The lowest BCUT2D eigenvalue weighted by Gasteiger charge is -2.14. The lowest BCUT2D eigenvalue weighted by Crippen LogP contribution is -2.19. The van der Waals surface area contributed by atoms with E-state index in [1.165, 1.54) is 17.7 Å². The molecule has 1 N–H and O–H groups in total. The van der Waals surface area contributed by atoms with E-state index in [-0.39, 0.29) is 0 Å². The van der Waals surface area contributed by atoms with E-state index in [1.54, 1.807) is 0 Å². The predicted molar refractivity (Wildman–Crippen MR) is 81.8 cm³/mol. The van der Waals surface area contributed by atoms with Crippen LogP contribution >= 0.6 is 0 Å². The second kappa shape index (κ2) is 5.99. The monoisotopic (exact) mass is 288 g/mol. The fourth-order valence-electron chi connectivity index (χ4n) is 3.02. The maximum atomic E-state index is 4.57. The van der Waals surface area contributed by atoms with Crippen LogP contribution in [0.15, 0.2) is 18.6 Å². The molecule has 3 heterocycles. The molecule has 1 aliphatic rings. The lowest BCUT2D eigenvalue weighted by molar-refractivity contribution is 0.325. The van der Waals surface area contributed by atoms with Gasteiger partial charge in [-0.1, -0.05) is 0 Å². The molecule has 0 bridgehead atoms. The van der Waals surface area contributed by atoms with Crippen LogP contribution in [0.3, 0.4) is 0 Å². The fraction of sp³-hybridized carbons (Fsp3) is 0.600. The quantitative estimate of drug-likeness (QED) is 0.898. The van der Waals surface area contributed by atoms with Crippen molar-refractivity contribution in [1.82, 2.24) is 29.5 Å². The Morgan fingerprint density at radius 1 is 1.38 bits per heavy atom. The van der Waals surface area contributed by atoms with Crippen LogP contribution in [0.2, 0.25) is 0 Å². The van der Waals surface area contributed by atoms with Gasteiger partial charge in [0, 0.05) is 56.3 Å². The van der Waals surface area contributed by atoms with E-state index in [1.807, 2.05) is 24.1 Å². The maximum absolute atomic E-state index is 4.57. The van der Waals surface area contributed by atoms with Gasteiger partial charge >= 0.3 is 0 Å². The molecule has 0 radical (unpaired) electrons. The largest absolute Gasteiger partial charge is 0.345 e. The SMILES string of the molecule is CN(C)Cc1cnc([C@H]2CCN(Cc3cnn(C)c3)C2)[nH]1. The molecule has 0 spiro atoms. The molecule has 21 heavy (non-hydrogen) atoms. The van der Waals surface area contributed by atoms with Crippen LogP contribution in [-0.2, 0) is 20.1 Å². The van der Waals surface area contributed by atoms with Gasteiger partial charge in [0.05, 0.1) is 6.20 Å². The number of nitrogens with zero attached hydrogens (tertiary/aromatic N) is 5. The molecule has 0 saturated carbocycles. The highest BCUT2D eigenvalue weighted by atomic mass is 15.2. The number of rotatable bonds is 5. The highest BCUT2D eigenvalue weighted by Crippen LogP contribution is 2.26. The number of hydrogen-bond acceptors (Lipinski definition) is 4. The Morgan fingerprint density at radius 2 is 2.24 bits per heavy atom. The maximum Gasteiger partial charge on any atom is 0.110 e. The minimum Gasteiger partial charge on any atom is -0.345 e. The van der Waals surface area contributed by atoms with E-state index < -0.39 is 0 Å². The highest BCUT2D eigenvalue weighted by Gasteiger charge is 2.26. The van der Waals surface area contributed by atoms with Crippen molar-refractivity contribution in [3.63, 3.8) is 0 Å². The number of imidazole rings is 1. The molecule has 1 fully saturated rings. The third-order valence-corrected chi connectivity index (χ3v) is 3.96. The van der Waals surface area contributed by atoms with Crippen LogP contribution in [-0.4, -0.2) is 56.7 Å². The molecule has 114 valence electrons. The molecule has 1 saturated heterocycles. The van der Waals surface area contributed by atoms with Gasteiger partial charge in [-0.25, -0.2) is 4.98 Å². The Morgan fingerprint density at radius 3 is 2.95 bits per heavy atom. The topological polar surface area (TPSA) is 53.0 Å². The van der Waals surface area contributed by atoms with Gasteiger partial charge in [-0.15, -0.1) is 0 Å². The van der Waals surface area contributed by atoms with E-state index in [2.05, 4.69) is 45.2 Å². The smallest absolute Gasteiger partial charge is 0.110 e. The standard InChI is InChI=1S/C15H24N6/c1-19(2)11-14-7-16-15(18-14)13-4-5-21(10-13)9-12-6-17-20(3)8-12/h6-8,13H,4-5,9-11H2,1-3H3,(H,16,18)/t13-/m0/s1. The summed E-state index contributed by atoms with van der Waals surface area (Å²) in [6.45, 7) is 4.10. The van der Waals surface area contributed by atoms with Crippen molar-refractivity contribution in [2.24, 2.45) is 7.05 Å². The van der Waals surface area contributed by atoms with Gasteiger partial charge in [-0.3, -0.25) is 9.58 Å². The Labute approximate surface area is 125 Å². The fourth-order valence-corrected chi connectivity index (χ4v) is 3.02. The molecule has 3 rings (SSSR count). The Kier molecular flexibility index (Phi) is 4.07. The molecule has 6 nitrogen and oxygen atoms in total. The van der Waals surface area contributed by atoms with Crippen molar-refractivity contribution in [3.8, 4) is 0 Å². The molecule has 0 aromatic carbocycles. The van der Waals surface area contributed by atoms with Gasteiger partial charge < -0.3 is 9.88 Å². The summed E-state index contributed by atoms with van der Waals surface area (Å²) in [6.07, 6.45) is 7.19. The van der Waals surface area contributed by atoms with Crippen molar-refractivity contribution in [1.29, 1.82) is 0 Å². The summed E-state index contributed by atoms with van der Waals surface area (Å²) >= 11 is 0. The van der Waals surface area contributed by atoms with E-state index in [9.17, 15) is 0 Å². The van der Waals surface area contributed by atoms with Crippen molar-refractivity contribution >= 4 is 0 Å². The normalized spacial score (nSPS) is 19.7. The van der Waals surface area contributed by atoms with Crippen LogP contribution in [0.4, 0.5) is 0 Å². The van der Waals surface area contributed by atoms with Gasteiger partial charge in [0.15, 0.2) is 0 Å². The predicted octanol–water partition coefficient (Wildman–Crippen LogP) is 1.19. The van der Waals surface area contributed by atoms with Crippen LogP contribution in [0, 0.1) is 0 Å². The van der Waals surface area contributed by atoms with E-state index in [0.29, 0.717) is 5.92 Å². The lowest BCUT2D eigenvalue weighted by atomic mass is 10.1. The Bertz CT molecular complexity index is 585. The number of aromatic amines is 1. The van der Waals surface area contributed by atoms with Crippen LogP contribution in [0.1, 0.15) is 29.4 Å². The number of likely N-dealkylation sites (tertiary alicyclic amines) is 1. The summed E-state index contributed by atoms with van der Waals surface area (Å²) in [5.74, 6) is 1.66. The average Bonchev–Trinajstić information content (AvgIpc) is 3.11. The summed E-state index contributed by atoms with van der Waals surface area (Å²) in [5.41, 5.74) is 2.48. The molecular weight excluding hydrogens is 264 g/mol. The zero-order chi connectivity index (χ0) is 14.8. The third-order valence-electron chi connectivity index (χ3n) is 3.96. The zero-order valence-corrected chi connectivity index (χ0v) is 13.1. The molecule has 1 atom stereocenters. The Hall–Kier alpha value is -1.66. The molecule has 2 aromatic heterocycles. The minimum absolute atomic E-state index is 0.526. The van der Waals surface area contributed by atoms with E-state index in [0.717, 1.165) is 32.0 Å². The first kappa shape index (κ1) is 14.3. The van der Waals surface area contributed by atoms with Crippen LogP contribution < -0.4 is 0 Å². The molecule has 2 aromatic rings. The first-order valence-electron chi connectivity index (χ1n) is 7.48. The van der Waals surface area contributed by atoms with Gasteiger partial charge in [0.25, 0.3) is 0 Å². The first-order valence-corrected chi connectivity index (χ1v) is 7.48. The summed E-state index contributed by atoms with van der Waals surface area (Å²) < 4.78 is 1.86. The number of H-pyrrole nitrogens is 1. The van der Waals surface area contributed by atoms with Gasteiger partial charge in [-0.2, -0.15) is 5.10 Å². The first-order chi connectivity index (χ1) is 10.1. The van der Waals surface area contributed by atoms with Gasteiger partial charge in [0.1, 0.15) is 5.82 Å². The summed E-state index contributed by atoms with van der Waals surface area (Å²) in [6, 6.07) is 0. The molecule has 0 unspecified atom stereocenters. The van der Waals surface area contributed by atoms with Gasteiger partial charge in [-0.05, 0) is 27.1 Å². The van der Waals surface area contributed by atoms with Crippen LogP contribution in [0.25, 0.3) is 0 Å². The Balaban J connectivity index is 1.57. The number of nitrogens with one attached hydrogen (secondary N) is 1. The number of aromatic nitrogens is 4. The summed E-state index contributed by atoms with van der Waals surface area (Å²) in [4.78, 5) is 12.7. The van der Waals surface area contributed by atoms with Crippen molar-refractivity contribution in [2.45, 2.75) is 25.4 Å². The van der Waals surface area contributed by atoms with Crippen molar-refractivity contribution in [2.75, 3.05) is 27.2 Å². The average molecular weight is 288 g/mol. The molecular formula is C15H24N6. The van der Waals surface area contributed by atoms with Crippen LogP contribution in [0.5, 0.6) is 0 Å². The van der Waals surface area contributed by atoms with E-state index >= 15 is 0 Å². The van der Waals surface area contributed by atoms with Gasteiger partial charge in [0.2, 0.25) is 0 Å². The number of aryl methyl sites for hydroxylation is 1. The molecule has 0 amide bonds. The number of hydrogen-bond donors (Lipinski definition) is 1. The molecule has 1 aliphatic heterocycles. The van der Waals surface area contributed by atoms with Crippen molar-refractivity contribution in [3.05, 3.63) is 35.7 Å². The summed E-state index contributed by atoms with van der Waals surface area (Å²) in [7, 11) is 6.11. The van der Waals surface area contributed by atoms with E-state index in [4.69, 9.17) is 0 Å². The highest BCUT2D eigenvalue weighted by molar-refractivity contribution is 5.09.